The van der Waals surface area contributed by atoms with Crippen LogP contribution in [0, 0.1) is 11.3 Å². The van der Waals surface area contributed by atoms with Gasteiger partial charge in [0.2, 0.25) is 0 Å². The van der Waals surface area contributed by atoms with Gasteiger partial charge in [-0.2, -0.15) is 18.4 Å². The van der Waals surface area contributed by atoms with Gasteiger partial charge in [0.05, 0.1) is 16.3 Å². The van der Waals surface area contributed by atoms with Crippen molar-refractivity contribution in [2.24, 2.45) is 0 Å². The van der Waals surface area contributed by atoms with E-state index in [4.69, 9.17) is 11.6 Å². The maximum Gasteiger partial charge on any atom is 0.417 e. The topological polar surface area (TPSA) is 41.1 Å². The Balaban J connectivity index is 2.87. The number of halogens is 4. The molecule has 2 aromatic rings. The zero-order valence-electron chi connectivity index (χ0n) is 11.0. The van der Waals surface area contributed by atoms with Gasteiger partial charge in [0, 0.05) is 11.6 Å². The van der Waals surface area contributed by atoms with Gasteiger partial charge in [-0.25, -0.2) is 4.98 Å². The lowest BCUT2D eigenvalue weighted by Crippen LogP contribution is -2.13. The molecule has 0 bridgehead atoms. The summed E-state index contributed by atoms with van der Waals surface area (Å²) < 4.78 is 39.5. The zero-order valence-corrected chi connectivity index (χ0v) is 11.8. The fraction of sp³-hybridized carbons (Fsp3) is 0.385. The molecule has 2 rings (SSSR count). The number of fused-ring (bicyclic) bond motifs is 1. The molecule has 0 unspecified atom stereocenters. The van der Waals surface area contributed by atoms with Crippen molar-refractivity contribution in [2.45, 2.75) is 32.4 Å². The molecule has 0 aliphatic rings. The predicted molar refractivity (Wildman–Crippen MR) is 68.6 cm³/mol. The summed E-state index contributed by atoms with van der Waals surface area (Å²) in [7, 11) is 0. The fourth-order valence-electron chi connectivity index (χ4n) is 1.89. The number of hydrogen-bond donors (Lipinski definition) is 0. The Hall–Kier alpha value is -1.74. The number of hydrogen-bond acceptors (Lipinski definition) is 2. The van der Waals surface area contributed by atoms with Crippen LogP contribution < -0.4 is 0 Å². The highest BCUT2D eigenvalue weighted by Crippen LogP contribution is 2.34. The summed E-state index contributed by atoms with van der Waals surface area (Å²) in [5.41, 5.74) is -0.744. The lowest BCUT2D eigenvalue weighted by Gasteiger charge is -2.15. The minimum absolute atomic E-state index is 0.0699. The van der Waals surface area contributed by atoms with Crippen LogP contribution in [0.5, 0.6) is 0 Å². The van der Waals surface area contributed by atoms with Crippen LogP contribution in [-0.4, -0.2) is 9.38 Å². The Morgan fingerprint density at radius 1 is 1.30 bits per heavy atom. The molecule has 106 valence electrons. The van der Waals surface area contributed by atoms with Gasteiger partial charge >= 0.3 is 6.18 Å². The van der Waals surface area contributed by atoms with Gasteiger partial charge in [0.1, 0.15) is 11.8 Å². The van der Waals surface area contributed by atoms with E-state index >= 15 is 0 Å². The van der Waals surface area contributed by atoms with Crippen LogP contribution in [0.2, 0.25) is 5.02 Å². The molecule has 0 aliphatic carbocycles. The molecule has 0 aromatic carbocycles. The maximum atomic E-state index is 12.8. The minimum Gasteiger partial charge on any atom is -0.289 e. The molecule has 2 heterocycles. The van der Waals surface area contributed by atoms with Crippen LogP contribution >= 0.6 is 11.6 Å². The molecule has 0 fully saturated rings. The molecule has 0 saturated carbocycles. The van der Waals surface area contributed by atoms with Crippen molar-refractivity contribution in [1.29, 1.82) is 5.26 Å². The first kappa shape index (κ1) is 14.7. The average Bonchev–Trinajstić information content (AvgIpc) is 2.66. The van der Waals surface area contributed by atoms with E-state index in [1.807, 2.05) is 26.8 Å². The minimum atomic E-state index is -4.53. The SMILES string of the molecule is CC(C)(C)c1nc2c(Cl)cc(C(F)(F)F)cn2c1C#N. The zero-order chi connectivity index (χ0) is 15.3. The van der Waals surface area contributed by atoms with Crippen molar-refractivity contribution in [3.8, 4) is 6.07 Å². The summed E-state index contributed by atoms with van der Waals surface area (Å²) in [6.45, 7) is 5.48. The highest BCUT2D eigenvalue weighted by Gasteiger charge is 2.33. The summed E-state index contributed by atoms with van der Waals surface area (Å²) in [4.78, 5) is 4.22. The van der Waals surface area contributed by atoms with E-state index in [1.165, 1.54) is 0 Å². The van der Waals surface area contributed by atoms with E-state index in [1.54, 1.807) is 0 Å². The van der Waals surface area contributed by atoms with E-state index in [-0.39, 0.29) is 16.4 Å². The van der Waals surface area contributed by atoms with Gasteiger partial charge in [-0.3, -0.25) is 4.40 Å². The Bertz CT molecular complexity index is 717. The van der Waals surface area contributed by atoms with Crippen LogP contribution in [0.1, 0.15) is 37.7 Å². The van der Waals surface area contributed by atoms with Crippen LogP contribution in [0.25, 0.3) is 5.65 Å². The van der Waals surface area contributed by atoms with Crippen LogP contribution in [0.3, 0.4) is 0 Å². The van der Waals surface area contributed by atoms with Gasteiger partial charge in [-0.15, -0.1) is 0 Å². The summed E-state index contributed by atoms with van der Waals surface area (Å²) in [5.74, 6) is 0. The molecule has 20 heavy (non-hydrogen) atoms. The first-order chi connectivity index (χ1) is 9.05. The number of pyridine rings is 1. The molecular weight excluding hydrogens is 291 g/mol. The molecule has 0 N–H and O–H groups in total. The molecule has 7 heteroatoms. The van der Waals surface area contributed by atoms with E-state index in [9.17, 15) is 18.4 Å². The third kappa shape index (κ3) is 2.34. The number of imidazole rings is 1. The van der Waals surface area contributed by atoms with Crippen LogP contribution in [0.4, 0.5) is 13.2 Å². The first-order valence-electron chi connectivity index (χ1n) is 5.75. The van der Waals surface area contributed by atoms with E-state index in [2.05, 4.69) is 4.98 Å². The number of rotatable bonds is 0. The molecule has 0 amide bonds. The standard InChI is InChI=1S/C13H11ClF3N3/c1-12(2,3)10-9(5-18)20-6-7(13(15,16)17)4-8(14)11(20)19-10/h4,6H,1-3H3. The van der Waals surface area contributed by atoms with E-state index < -0.39 is 17.2 Å². The molecule has 0 radical (unpaired) electrons. The fourth-order valence-corrected chi connectivity index (χ4v) is 2.14. The maximum absolute atomic E-state index is 12.8. The lowest BCUT2D eigenvalue weighted by molar-refractivity contribution is -0.137. The number of aromatic nitrogens is 2. The van der Waals surface area contributed by atoms with E-state index in [0.717, 1.165) is 16.7 Å². The van der Waals surface area contributed by atoms with Gasteiger partial charge < -0.3 is 0 Å². The van der Waals surface area contributed by atoms with Gasteiger partial charge in [-0.1, -0.05) is 32.4 Å². The first-order valence-corrected chi connectivity index (χ1v) is 6.13. The summed E-state index contributed by atoms with van der Waals surface area (Å²) in [6.07, 6.45) is -3.68. The Kier molecular flexibility index (Phi) is 3.22. The monoisotopic (exact) mass is 301 g/mol. The van der Waals surface area contributed by atoms with Crippen molar-refractivity contribution in [3.05, 3.63) is 34.2 Å². The van der Waals surface area contributed by atoms with Gasteiger partial charge in [-0.05, 0) is 6.07 Å². The molecule has 3 nitrogen and oxygen atoms in total. The number of nitriles is 1. The van der Waals surface area contributed by atoms with Crippen LogP contribution in [-0.2, 0) is 11.6 Å². The van der Waals surface area contributed by atoms with E-state index in [0.29, 0.717) is 5.69 Å². The molecule has 0 aliphatic heterocycles. The molecular formula is C13H11ClF3N3. The summed E-state index contributed by atoms with van der Waals surface area (Å²) in [5, 5.41) is 9.09. The van der Waals surface area contributed by atoms with Gasteiger partial charge in [0.15, 0.2) is 5.65 Å². The highest BCUT2D eigenvalue weighted by molar-refractivity contribution is 6.33. The second kappa shape index (κ2) is 4.38. The van der Waals surface area contributed by atoms with Crippen molar-refractivity contribution in [1.82, 2.24) is 9.38 Å². The quantitative estimate of drug-likeness (QED) is 0.732. The van der Waals surface area contributed by atoms with Crippen molar-refractivity contribution < 1.29 is 13.2 Å². The smallest absolute Gasteiger partial charge is 0.289 e. The second-order valence-electron chi connectivity index (χ2n) is 5.44. The molecule has 0 spiro atoms. The Morgan fingerprint density at radius 3 is 2.35 bits per heavy atom. The normalized spacial score (nSPS) is 12.7. The largest absolute Gasteiger partial charge is 0.417 e. The van der Waals surface area contributed by atoms with Crippen molar-refractivity contribution in [2.75, 3.05) is 0 Å². The average molecular weight is 302 g/mol. The van der Waals surface area contributed by atoms with Gasteiger partial charge in [0.25, 0.3) is 0 Å². The third-order valence-corrected chi connectivity index (χ3v) is 3.10. The third-order valence-electron chi connectivity index (χ3n) is 2.82. The number of alkyl halides is 3. The van der Waals surface area contributed by atoms with Crippen molar-refractivity contribution in [3.63, 3.8) is 0 Å². The Morgan fingerprint density at radius 2 is 1.90 bits per heavy atom. The van der Waals surface area contributed by atoms with Crippen molar-refractivity contribution >= 4 is 17.2 Å². The highest BCUT2D eigenvalue weighted by atomic mass is 35.5. The Labute approximate surface area is 118 Å². The van der Waals surface area contributed by atoms with Crippen LogP contribution in [0.15, 0.2) is 12.3 Å². The summed E-state index contributed by atoms with van der Waals surface area (Å²) in [6, 6.07) is 2.72. The summed E-state index contributed by atoms with van der Waals surface area (Å²) >= 11 is 5.87. The molecule has 0 atom stereocenters. The predicted octanol–water partition coefficient (Wildman–Crippen LogP) is 4.18. The molecule has 2 aromatic heterocycles. The number of nitrogens with zero attached hydrogens (tertiary/aromatic N) is 3. The second-order valence-corrected chi connectivity index (χ2v) is 5.85. The molecule has 0 saturated heterocycles. The lowest BCUT2D eigenvalue weighted by atomic mass is 9.91.